The highest BCUT2D eigenvalue weighted by atomic mass is 16.4. The predicted octanol–water partition coefficient (Wildman–Crippen LogP) is 3.23. The van der Waals surface area contributed by atoms with E-state index >= 15 is 0 Å². The van der Waals surface area contributed by atoms with E-state index in [1.165, 1.54) is 12.1 Å². The van der Waals surface area contributed by atoms with Crippen molar-refractivity contribution >= 4 is 23.4 Å². The molecule has 0 amide bonds. The fraction of sp³-hybridized carbons (Fsp3) is 0. The Labute approximate surface area is 110 Å². The fourth-order valence-corrected chi connectivity index (χ4v) is 1.61. The van der Waals surface area contributed by atoms with Crippen LogP contribution in [0.4, 0.5) is 11.4 Å². The van der Waals surface area contributed by atoms with Gasteiger partial charge >= 0.3 is 5.97 Å². The van der Waals surface area contributed by atoms with Gasteiger partial charge in [-0.15, -0.1) is 0 Å². The van der Waals surface area contributed by atoms with Gasteiger partial charge in [0.15, 0.2) is 0 Å². The summed E-state index contributed by atoms with van der Waals surface area (Å²) in [6, 6.07) is 14.5. The Hall–Kier alpha value is -2.75. The number of aliphatic carboxylic acids is 1. The van der Waals surface area contributed by atoms with Crippen LogP contribution in [0.15, 0.2) is 54.6 Å². The van der Waals surface area contributed by atoms with Crippen molar-refractivity contribution in [1.29, 1.82) is 0 Å². The monoisotopic (exact) mass is 255 g/mol. The van der Waals surface area contributed by atoms with Crippen LogP contribution in [-0.2, 0) is 4.79 Å². The summed E-state index contributed by atoms with van der Waals surface area (Å²) in [7, 11) is 0. The van der Waals surface area contributed by atoms with Gasteiger partial charge in [-0.1, -0.05) is 18.2 Å². The van der Waals surface area contributed by atoms with Crippen LogP contribution in [0.2, 0.25) is 0 Å². The minimum Gasteiger partial charge on any atom is -0.507 e. The molecule has 0 saturated carbocycles. The normalized spacial score (nSPS) is 10.5. The van der Waals surface area contributed by atoms with Gasteiger partial charge in [-0.05, 0) is 36.4 Å². The number of benzene rings is 2. The fourth-order valence-electron chi connectivity index (χ4n) is 1.61. The van der Waals surface area contributed by atoms with Crippen molar-refractivity contribution in [1.82, 2.24) is 0 Å². The molecule has 96 valence electrons. The summed E-state index contributed by atoms with van der Waals surface area (Å²) in [6.45, 7) is 0. The van der Waals surface area contributed by atoms with Crippen molar-refractivity contribution < 1.29 is 15.0 Å². The van der Waals surface area contributed by atoms with E-state index in [0.29, 0.717) is 5.56 Å². The number of anilines is 2. The van der Waals surface area contributed by atoms with E-state index in [-0.39, 0.29) is 5.75 Å². The molecule has 2 aromatic carbocycles. The standard InChI is InChI=1S/C15H13NO3/c17-14-8-7-13(10-11(14)6-9-15(18)19)16-12-4-2-1-3-5-12/h1-10,16-17H,(H,18,19). The van der Waals surface area contributed by atoms with Gasteiger partial charge in [0.25, 0.3) is 0 Å². The zero-order valence-corrected chi connectivity index (χ0v) is 10.1. The molecule has 0 atom stereocenters. The molecule has 4 nitrogen and oxygen atoms in total. The van der Waals surface area contributed by atoms with Crippen molar-refractivity contribution in [2.45, 2.75) is 0 Å². The predicted molar refractivity (Wildman–Crippen MR) is 74.5 cm³/mol. The first-order valence-corrected chi connectivity index (χ1v) is 5.71. The van der Waals surface area contributed by atoms with Gasteiger partial charge in [0, 0.05) is 23.0 Å². The Morgan fingerprint density at radius 2 is 1.79 bits per heavy atom. The third kappa shape index (κ3) is 3.61. The molecular weight excluding hydrogens is 242 g/mol. The molecule has 0 unspecified atom stereocenters. The van der Waals surface area contributed by atoms with Crippen molar-refractivity contribution in [2.24, 2.45) is 0 Å². The lowest BCUT2D eigenvalue weighted by Gasteiger charge is -2.08. The zero-order chi connectivity index (χ0) is 13.7. The van der Waals surface area contributed by atoms with Crippen molar-refractivity contribution in [3.05, 3.63) is 60.2 Å². The Bertz CT molecular complexity index is 606. The van der Waals surface area contributed by atoms with Crippen LogP contribution in [0.1, 0.15) is 5.56 Å². The molecule has 0 bridgehead atoms. The number of rotatable bonds is 4. The first kappa shape index (κ1) is 12.7. The second-order valence-electron chi connectivity index (χ2n) is 3.94. The molecule has 0 aromatic heterocycles. The number of carbonyl (C=O) groups is 1. The molecule has 4 heteroatoms. The van der Waals surface area contributed by atoms with Crippen LogP contribution in [0.5, 0.6) is 5.75 Å². The summed E-state index contributed by atoms with van der Waals surface area (Å²) in [5.41, 5.74) is 2.14. The summed E-state index contributed by atoms with van der Waals surface area (Å²) in [5, 5.41) is 21.4. The average Bonchev–Trinajstić information content (AvgIpc) is 2.40. The van der Waals surface area contributed by atoms with Gasteiger partial charge in [-0.2, -0.15) is 0 Å². The van der Waals surface area contributed by atoms with E-state index in [2.05, 4.69) is 5.32 Å². The van der Waals surface area contributed by atoms with E-state index < -0.39 is 5.97 Å². The summed E-state index contributed by atoms with van der Waals surface area (Å²) in [5.74, 6) is -1.02. The maximum absolute atomic E-state index is 10.5. The van der Waals surface area contributed by atoms with Crippen molar-refractivity contribution in [3.8, 4) is 5.75 Å². The molecule has 0 saturated heterocycles. The lowest BCUT2D eigenvalue weighted by molar-refractivity contribution is -0.131. The highest BCUT2D eigenvalue weighted by molar-refractivity contribution is 5.86. The van der Waals surface area contributed by atoms with E-state index in [1.54, 1.807) is 12.1 Å². The third-order valence-corrected chi connectivity index (χ3v) is 2.50. The second-order valence-corrected chi connectivity index (χ2v) is 3.94. The number of para-hydroxylation sites is 1. The first-order chi connectivity index (χ1) is 9.15. The smallest absolute Gasteiger partial charge is 0.328 e. The van der Waals surface area contributed by atoms with Gasteiger partial charge < -0.3 is 15.5 Å². The van der Waals surface area contributed by atoms with Crippen LogP contribution < -0.4 is 5.32 Å². The SMILES string of the molecule is O=C(O)C=Cc1cc(Nc2ccccc2)ccc1O. The summed E-state index contributed by atoms with van der Waals surface area (Å²) < 4.78 is 0. The molecule has 0 heterocycles. The zero-order valence-electron chi connectivity index (χ0n) is 10.1. The second kappa shape index (κ2) is 5.73. The van der Waals surface area contributed by atoms with Crippen molar-refractivity contribution in [3.63, 3.8) is 0 Å². The number of phenols is 1. The lowest BCUT2D eigenvalue weighted by Crippen LogP contribution is -1.91. The molecule has 0 fully saturated rings. The van der Waals surface area contributed by atoms with Gasteiger partial charge in [0.2, 0.25) is 0 Å². The molecule has 0 aliphatic heterocycles. The number of carboxylic acid groups (broad SMARTS) is 1. The third-order valence-electron chi connectivity index (χ3n) is 2.50. The highest BCUT2D eigenvalue weighted by Crippen LogP contribution is 2.25. The Morgan fingerprint density at radius 3 is 2.47 bits per heavy atom. The first-order valence-electron chi connectivity index (χ1n) is 5.71. The number of carboxylic acids is 1. The Morgan fingerprint density at radius 1 is 1.05 bits per heavy atom. The molecular formula is C15H13NO3. The van der Waals surface area contributed by atoms with Gasteiger partial charge in [-0.25, -0.2) is 4.79 Å². The summed E-state index contributed by atoms with van der Waals surface area (Å²) >= 11 is 0. The van der Waals surface area contributed by atoms with Gasteiger partial charge in [0.1, 0.15) is 5.75 Å². The quantitative estimate of drug-likeness (QED) is 0.579. The lowest BCUT2D eigenvalue weighted by atomic mass is 10.1. The van der Waals surface area contributed by atoms with Gasteiger partial charge in [0.05, 0.1) is 0 Å². The number of hydrogen-bond donors (Lipinski definition) is 3. The summed E-state index contributed by atoms with van der Waals surface area (Å²) in [6.07, 6.45) is 2.34. The highest BCUT2D eigenvalue weighted by Gasteiger charge is 2.01. The van der Waals surface area contributed by atoms with E-state index in [4.69, 9.17) is 5.11 Å². The van der Waals surface area contributed by atoms with E-state index in [1.807, 2.05) is 30.3 Å². The topological polar surface area (TPSA) is 69.6 Å². The molecule has 19 heavy (non-hydrogen) atoms. The van der Waals surface area contributed by atoms with E-state index in [0.717, 1.165) is 17.5 Å². The van der Waals surface area contributed by atoms with Crippen molar-refractivity contribution in [2.75, 3.05) is 5.32 Å². The molecule has 0 aliphatic rings. The number of nitrogens with one attached hydrogen (secondary N) is 1. The number of aromatic hydroxyl groups is 1. The molecule has 3 N–H and O–H groups in total. The van der Waals surface area contributed by atoms with Crippen LogP contribution in [0.3, 0.4) is 0 Å². The minimum absolute atomic E-state index is 0.0381. The van der Waals surface area contributed by atoms with Crippen LogP contribution >= 0.6 is 0 Å². The minimum atomic E-state index is -1.05. The Kier molecular flexibility index (Phi) is 3.83. The summed E-state index contributed by atoms with van der Waals surface area (Å²) in [4.78, 5) is 10.5. The molecule has 0 aliphatic carbocycles. The van der Waals surface area contributed by atoms with Gasteiger partial charge in [-0.3, -0.25) is 0 Å². The molecule has 2 rings (SSSR count). The maximum atomic E-state index is 10.5. The van der Waals surface area contributed by atoms with E-state index in [9.17, 15) is 9.90 Å². The Balaban J connectivity index is 2.23. The maximum Gasteiger partial charge on any atom is 0.328 e. The number of hydrogen-bond acceptors (Lipinski definition) is 3. The number of phenolic OH excluding ortho intramolecular Hbond substituents is 1. The van der Waals surface area contributed by atoms with Crippen LogP contribution in [0.25, 0.3) is 6.08 Å². The molecule has 2 aromatic rings. The largest absolute Gasteiger partial charge is 0.507 e. The molecule has 0 radical (unpaired) electrons. The average molecular weight is 255 g/mol. The molecule has 0 spiro atoms. The van der Waals surface area contributed by atoms with Crippen LogP contribution in [0, 0.1) is 0 Å². The van der Waals surface area contributed by atoms with Crippen LogP contribution in [-0.4, -0.2) is 16.2 Å².